The Kier molecular flexibility index (Phi) is 7.11. The summed E-state index contributed by atoms with van der Waals surface area (Å²) in [4.78, 5) is 0. The van der Waals surface area contributed by atoms with Crippen molar-refractivity contribution in [3.63, 3.8) is 0 Å². The maximum Gasteiger partial charge on any atom is 0.0669 e. The van der Waals surface area contributed by atoms with Gasteiger partial charge in [0.1, 0.15) is 0 Å². The van der Waals surface area contributed by atoms with E-state index in [-0.39, 0.29) is 11.0 Å². The van der Waals surface area contributed by atoms with Crippen LogP contribution in [0, 0.1) is 0 Å². The molecular formula is C19H26N4O3S. The predicted molar refractivity (Wildman–Crippen MR) is 113 cm³/mol. The van der Waals surface area contributed by atoms with E-state index in [0.29, 0.717) is 6.61 Å². The molecular weight excluding hydrogens is 364 g/mol. The maximum absolute atomic E-state index is 5.42. The highest BCUT2D eigenvalue weighted by molar-refractivity contribution is 7.93. The van der Waals surface area contributed by atoms with E-state index < -0.39 is 0 Å². The molecule has 2 heterocycles. The number of hydrogen-bond donors (Lipinski definition) is 2. The fourth-order valence-electron chi connectivity index (χ4n) is 3.48. The van der Waals surface area contributed by atoms with Gasteiger partial charge >= 0.3 is 0 Å². The van der Waals surface area contributed by atoms with E-state index in [1.165, 1.54) is 33.8 Å². The van der Waals surface area contributed by atoms with Gasteiger partial charge in [0.25, 0.3) is 0 Å². The molecule has 0 bridgehead atoms. The molecule has 0 saturated heterocycles. The van der Waals surface area contributed by atoms with Crippen LogP contribution < -0.4 is 16.0 Å². The van der Waals surface area contributed by atoms with E-state index in [1.54, 1.807) is 0 Å². The number of rotatable bonds is 6. The van der Waals surface area contributed by atoms with Crippen LogP contribution in [0.25, 0.3) is 21.8 Å². The van der Waals surface area contributed by atoms with E-state index >= 15 is 0 Å². The zero-order valence-electron chi connectivity index (χ0n) is 15.5. The van der Waals surface area contributed by atoms with Crippen molar-refractivity contribution in [1.29, 1.82) is 0 Å². The van der Waals surface area contributed by atoms with Crippen LogP contribution >= 0.6 is 12.0 Å². The van der Waals surface area contributed by atoms with Crippen molar-refractivity contribution in [2.75, 3.05) is 17.9 Å². The third-order valence-corrected chi connectivity index (χ3v) is 4.99. The van der Waals surface area contributed by atoms with Crippen molar-refractivity contribution in [2.45, 2.75) is 19.9 Å². The summed E-state index contributed by atoms with van der Waals surface area (Å²) < 4.78 is 7.78. The molecule has 0 saturated carbocycles. The average molecular weight is 391 g/mol. The molecule has 1 aliphatic rings. The smallest absolute Gasteiger partial charge is 0.0669 e. The minimum atomic E-state index is 0. The lowest BCUT2D eigenvalue weighted by Gasteiger charge is -2.21. The van der Waals surface area contributed by atoms with Crippen LogP contribution in [-0.2, 0) is 10.7 Å². The lowest BCUT2D eigenvalue weighted by atomic mass is 10.1. The highest BCUT2D eigenvalue weighted by atomic mass is 32.2. The zero-order chi connectivity index (χ0) is 17.2. The van der Waals surface area contributed by atoms with Gasteiger partial charge in [-0.1, -0.05) is 18.2 Å². The highest BCUT2D eigenvalue weighted by Gasteiger charge is 2.18. The molecule has 0 aliphatic carbocycles. The molecule has 8 heteroatoms. The van der Waals surface area contributed by atoms with E-state index in [2.05, 4.69) is 69.9 Å². The number of hydrazine groups is 2. The SMILES string of the molecule is CCn1c2ccccc2c2cc(N3NNC=C3CCOSC)ccc21.O.O. The molecule has 27 heavy (non-hydrogen) atoms. The number of aromatic nitrogens is 1. The van der Waals surface area contributed by atoms with Gasteiger partial charge in [0.15, 0.2) is 0 Å². The van der Waals surface area contributed by atoms with Gasteiger partial charge in [0.2, 0.25) is 0 Å². The second-order valence-corrected chi connectivity index (χ2v) is 6.50. The number of benzene rings is 2. The molecule has 0 amide bonds. The Hall–Kier alpha value is -2.23. The van der Waals surface area contributed by atoms with Crippen molar-refractivity contribution in [3.8, 4) is 0 Å². The number of nitrogens with zero attached hydrogens (tertiary/aromatic N) is 2. The average Bonchev–Trinajstić information content (AvgIpc) is 3.23. The standard InChI is InChI=1S/C19H22N4OS.2H2O/c1-3-22-18-7-5-4-6-16(18)17-12-14(8-9-19(17)22)23-15(13-20-21-23)10-11-24-25-2;;/h4-9,12-13,20-21H,3,10-11H2,1-2H3;2*1H2. The minimum Gasteiger partial charge on any atom is -0.412 e. The summed E-state index contributed by atoms with van der Waals surface area (Å²) in [5.74, 6) is 0. The zero-order valence-corrected chi connectivity index (χ0v) is 16.3. The fraction of sp³-hybridized carbons (Fsp3) is 0.263. The minimum absolute atomic E-state index is 0. The number of hydrogen-bond acceptors (Lipinski definition) is 5. The monoisotopic (exact) mass is 390 g/mol. The van der Waals surface area contributed by atoms with Crippen molar-refractivity contribution in [3.05, 3.63) is 54.4 Å². The Morgan fingerprint density at radius 1 is 1.04 bits per heavy atom. The van der Waals surface area contributed by atoms with Gasteiger partial charge in [-0.25, -0.2) is 0 Å². The lowest BCUT2D eigenvalue weighted by Crippen LogP contribution is -2.37. The van der Waals surface area contributed by atoms with Gasteiger partial charge < -0.3 is 25.1 Å². The van der Waals surface area contributed by atoms with Crippen molar-refractivity contribution >= 4 is 39.5 Å². The first-order valence-electron chi connectivity index (χ1n) is 8.50. The normalized spacial score (nSPS) is 13.3. The fourth-order valence-corrected chi connectivity index (χ4v) is 3.73. The van der Waals surface area contributed by atoms with Gasteiger partial charge in [0.05, 0.1) is 18.0 Å². The van der Waals surface area contributed by atoms with Gasteiger partial charge in [-0.15, -0.1) is 5.53 Å². The highest BCUT2D eigenvalue weighted by Crippen LogP contribution is 2.33. The summed E-state index contributed by atoms with van der Waals surface area (Å²) in [5, 5.41) is 4.66. The van der Waals surface area contributed by atoms with Crippen LogP contribution in [0.15, 0.2) is 54.4 Å². The summed E-state index contributed by atoms with van der Waals surface area (Å²) in [6.07, 6.45) is 4.77. The summed E-state index contributed by atoms with van der Waals surface area (Å²) >= 11 is 1.40. The van der Waals surface area contributed by atoms with Gasteiger partial charge in [-0.05, 0) is 43.2 Å². The Morgan fingerprint density at radius 3 is 2.59 bits per heavy atom. The Balaban J connectivity index is 0.00000131. The van der Waals surface area contributed by atoms with Crippen LogP contribution in [0.2, 0.25) is 0 Å². The van der Waals surface area contributed by atoms with Crippen LogP contribution in [0.3, 0.4) is 0 Å². The first-order chi connectivity index (χ1) is 12.3. The maximum atomic E-state index is 5.42. The lowest BCUT2D eigenvalue weighted by molar-refractivity contribution is 0.378. The summed E-state index contributed by atoms with van der Waals surface area (Å²) in [6.45, 7) is 3.84. The molecule has 1 aliphatic heterocycles. The van der Waals surface area contributed by atoms with E-state index in [9.17, 15) is 0 Å². The van der Waals surface area contributed by atoms with Gasteiger partial charge in [0, 0.05) is 47.2 Å². The number of para-hydroxylation sites is 1. The molecule has 0 atom stereocenters. The molecule has 0 fully saturated rings. The molecule has 3 aromatic rings. The van der Waals surface area contributed by atoms with Crippen LogP contribution in [0.4, 0.5) is 5.69 Å². The molecule has 4 rings (SSSR count). The molecule has 6 N–H and O–H groups in total. The summed E-state index contributed by atoms with van der Waals surface area (Å²) in [6, 6.07) is 15.2. The number of aryl methyl sites for hydroxylation is 1. The van der Waals surface area contributed by atoms with E-state index in [1.807, 2.05) is 12.5 Å². The molecule has 2 aromatic carbocycles. The number of anilines is 1. The van der Waals surface area contributed by atoms with Gasteiger partial charge in [-0.3, -0.25) is 5.01 Å². The molecule has 7 nitrogen and oxygen atoms in total. The third kappa shape index (κ3) is 3.76. The Morgan fingerprint density at radius 2 is 1.81 bits per heavy atom. The molecule has 0 spiro atoms. The Bertz CT molecular complexity index is 941. The first-order valence-corrected chi connectivity index (χ1v) is 9.65. The van der Waals surface area contributed by atoms with Crippen molar-refractivity contribution in [2.24, 2.45) is 0 Å². The molecule has 0 unspecified atom stereocenters. The van der Waals surface area contributed by atoms with Gasteiger partial charge in [-0.2, -0.15) is 0 Å². The van der Waals surface area contributed by atoms with Crippen LogP contribution in [0.5, 0.6) is 0 Å². The molecule has 0 radical (unpaired) electrons. The number of fused-ring (bicyclic) bond motifs is 3. The van der Waals surface area contributed by atoms with Crippen LogP contribution in [-0.4, -0.2) is 28.4 Å². The van der Waals surface area contributed by atoms with E-state index in [4.69, 9.17) is 4.18 Å². The summed E-state index contributed by atoms with van der Waals surface area (Å²) in [5.41, 5.74) is 11.1. The first kappa shape index (κ1) is 21.1. The third-order valence-electron chi connectivity index (χ3n) is 4.59. The van der Waals surface area contributed by atoms with Crippen molar-refractivity contribution in [1.82, 2.24) is 15.5 Å². The molecule has 146 valence electrons. The summed E-state index contributed by atoms with van der Waals surface area (Å²) in [7, 11) is 0. The number of nitrogens with one attached hydrogen (secondary N) is 2. The predicted octanol–water partition coefficient (Wildman–Crippen LogP) is 2.52. The Labute approximate surface area is 162 Å². The topological polar surface area (TPSA) is 104 Å². The molecule has 1 aromatic heterocycles. The second kappa shape index (κ2) is 9.12. The van der Waals surface area contributed by atoms with Crippen LogP contribution in [0.1, 0.15) is 13.3 Å². The van der Waals surface area contributed by atoms with Crippen molar-refractivity contribution < 1.29 is 15.1 Å². The van der Waals surface area contributed by atoms with E-state index in [0.717, 1.165) is 24.4 Å². The quantitative estimate of drug-likeness (QED) is 0.497. The second-order valence-electron chi connectivity index (χ2n) is 5.93. The largest absolute Gasteiger partial charge is 0.412 e.